The summed E-state index contributed by atoms with van der Waals surface area (Å²) in [5, 5.41) is 8.60. The van der Waals surface area contributed by atoms with Crippen LogP contribution in [0.2, 0.25) is 0 Å². The molecule has 0 fully saturated rings. The van der Waals surface area contributed by atoms with Gasteiger partial charge >= 0.3 is 5.97 Å². The normalized spacial score (nSPS) is 10.9. The molecule has 0 aromatic heterocycles. The number of aliphatic carboxylic acids is 1. The van der Waals surface area contributed by atoms with Crippen LogP contribution in [0, 0.1) is 0 Å². The van der Waals surface area contributed by atoms with Gasteiger partial charge in [-0.15, -0.1) is 0 Å². The predicted octanol–water partition coefficient (Wildman–Crippen LogP) is 1.85. The molecule has 0 spiro atoms. The molecule has 0 saturated heterocycles. The van der Waals surface area contributed by atoms with E-state index in [0.717, 1.165) is 18.4 Å². The third-order valence-corrected chi connectivity index (χ3v) is 2.48. The van der Waals surface area contributed by atoms with E-state index < -0.39 is 5.97 Å². The summed E-state index contributed by atoms with van der Waals surface area (Å²) in [6.45, 7) is 2.67. The minimum absolute atomic E-state index is 0.610. The van der Waals surface area contributed by atoms with Crippen molar-refractivity contribution in [3.63, 3.8) is 0 Å². The van der Waals surface area contributed by atoms with Crippen LogP contribution in [0.5, 0.6) is 0 Å². The summed E-state index contributed by atoms with van der Waals surface area (Å²) in [7, 11) is 0. The first-order chi connectivity index (χ1) is 7.69. The number of carboxylic acid groups (broad SMARTS) is 1. The second-order valence-corrected chi connectivity index (χ2v) is 3.55. The highest BCUT2D eigenvalue weighted by atomic mass is 16.4. The molecule has 0 aliphatic heterocycles. The van der Waals surface area contributed by atoms with Crippen LogP contribution in [0.25, 0.3) is 6.08 Å². The van der Waals surface area contributed by atoms with Crippen LogP contribution >= 0.6 is 0 Å². The number of carboxylic acids is 1. The minimum Gasteiger partial charge on any atom is -0.478 e. The highest BCUT2D eigenvalue weighted by molar-refractivity contribution is 5.85. The molecular formula is C13H17NO2. The van der Waals surface area contributed by atoms with E-state index in [-0.39, 0.29) is 0 Å². The molecule has 0 heterocycles. The van der Waals surface area contributed by atoms with Crippen LogP contribution in [-0.4, -0.2) is 17.6 Å². The molecule has 3 nitrogen and oxygen atoms in total. The zero-order chi connectivity index (χ0) is 12.0. The van der Waals surface area contributed by atoms with Gasteiger partial charge in [-0.3, -0.25) is 0 Å². The van der Waals surface area contributed by atoms with E-state index in [4.69, 9.17) is 10.8 Å². The third kappa shape index (κ3) is 3.21. The topological polar surface area (TPSA) is 63.3 Å². The number of hydrogen-bond acceptors (Lipinski definition) is 2. The van der Waals surface area contributed by atoms with Gasteiger partial charge in [0.25, 0.3) is 0 Å². The Hall–Kier alpha value is -1.61. The molecule has 0 bridgehead atoms. The van der Waals surface area contributed by atoms with E-state index in [1.54, 1.807) is 6.08 Å². The standard InChI is InChI=1S/C13H17NO2/c1-2-12-10(6-7-13(15)16)4-3-5-11(12)8-9-14/h3-7H,2,8-9,14H2,1H3,(H,15,16)/b7-6+. The quantitative estimate of drug-likeness (QED) is 0.743. The number of rotatable bonds is 5. The highest BCUT2D eigenvalue weighted by Crippen LogP contribution is 2.17. The van der Waals surface area contributed by atoms with Crippen LogP contribution in [-0.2, 0) is 17.6 Å². The largest absolute Gasteiger partial charge is 0.478 e. The van der Waals surface area contributed by atoms with E-state index >= 15 is 0 Å². The maximum absolute atomic E-state index is 10.5. The lowest BCUT2D eigenvalue weighted by molar-refractivity contribution is -0.131. The van der Waals surface area contributed by atoms with Crippen molar-refractivity contribution in [2.45, 2.75) is 19.8 Å². The second-order valence-electron chi connectivity index (χ2n) is 3.55. The molecule has 86 valence electrons. The first-order valence-corrected chi connectivity index (χ1v) is 5.40. The lowest BCUT2D eigenvalue weighted by Gasteiger charge is -2.10. The smallest absolute Gasteiger partial charge is 0.328 e. The molecule has 1 aromatic carbocycles. The van der Waals surface area contributed by atoms with Gasteiger partial charge in [0.15, 0.2) is 0 Å². The van der Waals surface area contributed by atoms with Crippen molar-refractivity contribution in [3.05, 3.63) is 41.0 Å². The Morgan fingerprint density at radius 3 is 2.81 bits per heavy atom. The molecule has 16 heavy (non-hydrogen) atoms. The van der Waals surface area contributed by atoms with E-state index in [2.05, 4.69) is 6.92 Å². The zero-order valence-electron chi connectivity index (χ0n) is 9.44. The Balaban J connectivity index is 3.08. The van der Waals surface area contributed by atoms with Crippen LogP contribution < -0.4 is 5.73 Å². The maximum atomic E-state index is 10.5. The average molecular weight is 219 g/mol. The monoisotopic (exact) mass is 219 g/mol. The van der Waals surface area contributed by atoms with Gasteiger partial charge in [-0.1, -0.05) is 25.1 Å². The van der Waals surface area contributed by atoms with Crippen molar-refractivity contribution in [1.29, 1.82) is 0 Å². The van der Waals surface area contributed by atoms with E-state index in [1.807, 2.05) is 18.2 Å². The van der Waals surface area contributed by atoms with Crippen molar-refractivity contribution in [2.75, 3.05) is 6.54 Å². The number of hydrogen-bond donors (Lipinski definition) is 2. The number of carbonyl (C=O) groups is 1. The zero-order valence-corrected chi connectivity index (χ0v) is 9.44. The summed E-state index contributed by atoms with van der Waals surface area (Å²) in [4.78, 5) is 10.5. The van der Waals surface area contributed by atoms with Crippen LogP contribution in [0.4, 0.5) is 0 Å². The molecule has 1 rings (SSSR count). The van der Waals surface area contributed by atoms with Gasteiger partial charge in [-0.05, 0) is 42.2 Å². The number of benzene rings is 1. The van der Waals surface area contributed by atoms with Gasteiger partial charge in [-0.2, -0.15) is 0 Å². The second kappa shape index (κ2) is 6.08. The van der Waals surface area contributed by atoms with E-state index in [1.165, 1.54) is 17.2 Å². The molecule has 3 heteroatoms. The lowest BCUT2D eigenvalue weighted by Crippen LogP contribution is -2.06. The molecule has 1 aromatic rings. The summed E-state index contributed by atoms with van der Waals surface area (Å²) in [6.07, 6.45) is 4.52. The third-order valence-electron chi connectivity index (χ3n) is 2.48. The van der Waals surface area contributed by atoms with Gasteiger partial charge in [0, 0.05) is 6.08 Å². The SMILES string of the molecule is CCc1c(/C=C/C(=O)O)cccc1CCN. The van der Waals surface area contributed by atoms with Gasteiger partial charge in [-0.25, -0.2) is 4.79 Å². The van der Waals surface area contributed by atoms with Gasteiger partial charge in [0.05, 0.1) is 0 Å². The lowest BCUT2D eigenvalue weighted by atomic mass is 9.96. The highest BCUT2D eigenvalue weighted by Gasteiger charge is 2.04. The summed E-state index contributed by atoms with van der Waals surface area (Å²) in [5.41, 5.74) is 8.90. The summed E-state index contributed by atoms with van der Waals surface area (Å²) < 4.78 is 0. The van der Waals surface area contributed by atoms with Crippen molar-refractivity contribution in [2.24, 2.45) is 5.73 Å². The van der Waals surface area contributed by atoms with Crippen molar-refractivity contribution in [3.8, 4) is 0 Å². The average Bonchev–Trinajstić information content (AvgIpc) is 2.27. The van der Waals surface area contributed by atoms with Crippen molar-refractivity contribution < 1.29 is 9.90 Å². The Bertz CT molecular complexity index is 397. The molecule has 0 saturated carbocycles. The van der Waals surface area contributed by atoms with Crippen LogP contribution in [0.3, 0.4) is 0 Å². The van der Waals surface area contributed by atoms with Gasteiger partial charge in [0.2, 0.25) is 0 Å². The van der Waals surface area contributed by atoms with Crippen LogP contribution in [0.1, 0.15) is 23.6 Å². The Morgan fingerprint density at radius 1 is 1.50 bits per heavy atom. The molecular weight excluding hydrogens is 202 g/mol. The van der Waals surface area contributed by atoms with Gasteiger partial charge < -0.3 is 10.8 Å². The fourth-order valence-electron chi connectivity index (χ4n) is 1.79. The fourth-order valence-corrected chi connectivity index (χ4v) is 1.79. The number of nitrogens with two attached hydrogens (primary N) is 1. The first-order valence-electron chi connectivity index (χ1n) is 5.40. The Labute approximate surface area is 95.6 Å². The summed E-state index contributed by atoms with van der Waals surface area (Å²) in [5.74, 6) is -0.925. The van der Waals surface area contributed by atoms with Crippen molar-refractivity contribution in [1.82, 2.24) is 0 Å². The molecule has 0 amide bonds. The molecule has 0 radical (unpaired) electrons. The van der Waals surface area contributed by atoms with Gasteiger partial charge in [0.1, 0.15) is 0 Å². The molecule has 0 atom stereocenters. The molecule has 3 N–H and O–H groups in total. The minimum atomic E-state index is -0.925. The Morgan fingerprint density at radius 2 is 2.25 bits per heavy atom. The molecule has 0 aliphatic rings. The maximum Gasteiger partial charge on any atom is 0.328 e. The molecule has 0 unspecified atom stereocenters. The first kappa shape index (κ1) is 12.5. The fraction of sp³-hybridized carbons (Fsp3) is 0.308. The van der Waals surface area contributed by atoms with Crippen LogP contribution in [0.15, 0.2) is 24.3 Å². The Kier molecular flexibility index (Phi) is 4.73. The summed E-state index contributed by atoms with van der Waals surface area (Å²) >= 11 is 0. The summed E-state index contributed by atoms with van der Waals surface area (Å²) in [6, 6.07) is 5.91. The van der Waals surface area contributed by atoms with Crippen molar-refractivity contribution >= 4 is 12.0 Å². The molecule has 0 aliphatic carbocycles. The van der Waals surface area contributed by atoms with E-state index in [9.17, 15) is 4.79 Å². The van der Waals surface area contributed by atoms with E-state index in [0.29, 0.717) is 6.54 Å². The predicted molar refractivity (Wildman–Crippen MR) is 65.2 cm³/mol.